The number of hydrogen-bond acceptors (Lipinski definition) is 5. The van der Waals surface area contributed by atoms with Gasteiger partial charge in [0.25, 0.3) is 0 Å². The largest absolute Gasteiger partial charge is 0.383 e. The van der Waals surface area contributed by atoms with Crippen LogP contribution >= 0.6 is 0 Å². The van der Waals surface area contributed by atoms with Gasteiger partial charge in [0.2, 0.25) is 5.91 Å². The molecule has 2 N–H and O–H groups in total. The molecule has 160 valence electrons. The number of rotatable bonds is 6. The van der Waals surface area contributed by atoms with Gasteiger partial charge in [0.05, 0.1) is 31.1 Å². The third kappa shape index (κ3) is 3.65. The summed E-state index contributed by atoms with van der Waals surface area (Å²) in [6, 6.07) is 1.60. The average molecular weight is 414 g/mol. The fourth-order valence-corrected chi connectivity index (χ4v) is 4.16. The molecule has 3 aromatic heterocycles. The van der Waals surface area contributed by atoms with Gasteiger partial charge in [-0.3, -0.25) is 9.48 Å². The number of ether oxygens (including phenoxy) is 1. The molecule has 3 aromatic rings. The summed E-state index contributed by atoms with van der Waals surface area (Å²) >= 11 is 0. The van der Waals surface area contributed by atoms with E-state index in [0.717, 1.165) is 33.5 Å². The molecule has 0 saturated carbocycles. The molecule has 9 heteroatoms. The number of carbonyl (C=O) groups is 1. The lowest BCUT2D eigenvalue weighted by Gasteiger charge is -2.34. The Morgan fingerprint density at radius 3 is 2.97 bits per heavy atom. The molecule has 0 spiro atoms. The number of halogens is 1. The SMILES string of the molecule is COCCNc1c(-c2cnn([C@H]3CCN(C(C)=O)C[C@@H]3F)c2C)cnc2[nH]ccc12. The first-order valence-electron chi connectivity index (χ1n) is 10.1. The van der Waals surface area contributed by atoms with Gasteiger partial charge in [-0.2, -0.15) is 5.10 Å². The van der Waals surface area contributed by atoms with Crippen LogP contribution in [0.4, 0.5) is 10.1 Å². The Balaban J connectivity index is 1.68. The number of H-pyrrole nitrogens is 1. The topological polar surface area (TPSA) is 88.1 Å². The molecule has 30 heavy (non-hydrogen) atoms. The number of aromatic amines is 1. The summed E-state index contributed by atoms with van der Waals surface area (Å²) in [6.45, 7) is 5.30. The maximum Gasteiger partial charge on any atom is 0.219 e. The molecule has 1 aliphatic rings. The number of aromatic nitrogens is 4. The van der Waals surface area contributed by atoms with Gasteiger partial charge in [0.1, 0.15) is 11.8 Å². The number of methoxy groups -OCH3 is 1. The zero-order valence-corrected chi connectivity index (χ0v) is 17.5. The molecule has 1 fully saturated rings. The van der Waals surface area contributed by atoms with Gasteiger partial charge < -0.3 is 19.9 Å². The molecule has 4 heterocycles. The Kier molecular flexibility index (Phi) is 5.72. The second-order valence-corrected chi connectivity index (χ2v) is 7.63. The van der Waals surface area contributed by atoms with E-state index < -0.39 is 6.17 Å². The number of pyridine rings is 1. The molecule has 0 bridgehead atoms. The number of amides is 1. The normalized spacial score (nSPS) is 19.4. The molecule has 1 aliphatic heterocycles. The van der Waals surface area contributed by atoms with Crippen LogP contribution in [0.5, 0.6) is 0 Å². The molecule has 0 radical (unpaired) electrons. The quantitative estimate of drug-likeness (QED) is 0.606. The molecule has 0 unspecified atom stereocenters. The van der Waals surface area contributed by atoms with Crippen LogP contribution in [0.3, 0.4) is 0 Å². The van der Waals surface area contributed by atoms with Crippen molar-refractivity contribution in [1.82, 2.24) is 24.6 Å². The van der Waals surface area contributed by atoms with Crippen molar-refractivity contribution in [3.63, 3.8) is 0 Å². The van der Waals surface area contributed by atoms with Crippen LogP contribution in [0.25, 0.3) is 22.2 Å². The van der Waals surface area contributed by atoms with Crippen molar-refractivity contribution >= 4 is 22.6 Å². The van der Waals surface area contributed by atoms with Crippen LogP contribution in [0.15, 0.2) is 24.7 Å². The van der Waals surface area contributed by atoms with Crippen LogP contribution in [0, 0.1) is 6.92 Å². The number of hydrogen-bond donors (Lipinski definition) is 2. The predicted octanol–water partition coefficient (Wildman–Crippen LogP) is 2.92. The fraction of sp³-hybridized carbons (Fsp3) is 0.476. The predicted molar refractivity (Wildman–Crippen MR) is 113 cm³/mol. The van der Waals surface area contributed by atoms with E-state index in [1.807, 2.05) is 25.4 Å². The van der Waals surface area contributed by atoms with Crippen molar-refractivity contribution in [2.75, 3.05) is 38.7 Å². The maximum atomic E-state index is 14.9. The third-order valence-electron chi connectivity index (χ3n) is 5.80. The number of nitrogens with one attached hydrogen (secondary N) is 2. The number of likely N-dealkylation sites (tertiary alicyclic amines) is 1. The summed E-state index contributed by atoms with van der Waals surface area (Å²) in [4.78, 5) is 20.8. The molecule has 0 aliphatic carbocycles. The van der Waals surface area contributed by atoms with Gasteiger partial charge in [0.15, 0.2) is 0 Å². The fourth-order valence-electron chi connectivity index (χ4n) is 4.16. The Hall–Kier alpha value is -2.94. The summed E-state index contributed by atoms with van der Waals surface area (Å²) in [5.74, 6) is -0.0911. The van der Waals surface area contributed by atoms with Crippen LogP contribution in [-0.2, 0) is 9.53 Å². The van der Waals surface area contributed by atoms with Crippen molar-refractivity contribution in [1.29, 1.82) is 0 Å². The maximum absolute atomic E-state index is 14.9. The number of anilines is 1. The van der Waals surface area contributed by atoms with Gasteiger partial charge in [-0.05, 0) is 19.4 Å². The van der Waals surface area contributed by atoms with E-state index in [1.165, 1.54) is 6.92 Å². The molecule has 8 nitrogen and oxygen atoms in total. The first-order chi connectivity index (χ1) is 14.5. The van der Waals surface area contributed by atoms with Crippen LogP contribution < -0.4 is 5.32 Å². The molecular weight excluding hydrogens is 387 g/mol. The first kappa shape index (κ1) is 20.3. The summed E-state index contributed by atoms with van der Waals surface area (Å²) in [5.41, 5.74) is 4.45. The highest BCUT2D eigenvalue weighted by molar-refractivity contribution is 5.98. The van der Waals surface area contributed by atoms with Crippen LogP contribution in [-0.4, -0.2) is 70.1 Å². The zero-order valence-electron chi connectivity index (χ0n) is 17.5. The minimum absolute atomic E-state index is 0.0911. The molecule has 2 atom stereocenters. The van der Waals surface area contributed by atoms with Crippen molar-refractivity contribution in [2.24, 2.45) is 0 Å². The molecule has 0 aromatic carbocycles. The van der Waals surface area contributed by atoms with E-state index in [4.69, 9.17) is 4.74 Å². The Morgan fingerprint density at radius 1 is 1.40 bits per heavy atom. The number of alkyl halides is 1. The Morgan fingerprint density at radius 2 is 2.23 bits per heavy atom. The lowest BCUT2D eigenvalue weighted by atomic mass is 10.0. The second-order valence-electron chi connectivity index (χ2n) is 7.63. The molecule has 1 saturated heterocycles. The van der Waals surface area contributed by atoms with Gasteiger partial charge >= 0.3 is 0 Å². The first-order valence-corrected chi connectivity index (χ1v) is 10.1. The van der Waals surface area contributed by atoms with Gasteiger partial charge in [-0.25, -0.2) is 9.37 Å². The van der Waals surface area contributed by atoms with Crippen molar-refractivity contribution in [3.05, 3.63) is 30.4 Å². The van der Waals surface area contributed by atoms with Gasteiger partial charge in [-0.1, -0.05) is 0 Å². The highest BCUT2D eigenvalue weighted by Crippen LogP contribution is 2.36. The summed E-state index contributed by atoms with van der Waals surface area (Å²) < 4.78 is 21.8. The Bertz CT molecular complexity index is 1050. The number of fused-ring (bicyclic) bond motifs is 1. The molecule has 1 amide bonds. The number of carbonyl (C=O) groups excluding carboxylic acids is 1. The van der Waals surface area contributed by atoms with E-state index in [9.17, 15) is 9.18 Å². The zero-order chi connectivity index (χ0) is 21.3. The highest BCUT2D eigenvalue weighted by Gasteiger charge is 2.33. The summed E-state index contributed by atoms with van der Waals surface area (Å²) in [7, 11) is 1.67. The van der Waals surface area contributed by atoms with Gasteiger partial charge in [-0.15, -0.1) is 0 Å². The van der Waals surface area contributed by atoms with Crippen molar-refractivity contribution in [3.8, 4) is 11.1 Å². The van der Waals surface area contributed by atoms with E-state index in [2.05, 4.69) is 20.4 Å². The molecular formula is C21H27FN6O2. The standard InChI is InChI=1S/C21H27FN6O2/c1-13-16(11-26-28(13)19-5-8-27(14(2)29)12-18(19)22)17-10-25-21-15(4-6-24-21)20(17)23-7-9-30-3/h4,6,10-11,18-19H,5,7-9,12H2,1-3H3,(H2,23,24,25)/t18-,19-/m0/s1. The van der Waals surface area contributed by atoms with Crippen LogP contribution in [0.1, 0.15) is 25.1 Å². The van der Waals surface area contributed by atoms with Gasteiger partial charge in [0, 0.05) is 61.7 Å². The smallest absolute Gasteiger partial charge is 0.219 e. The number of piperidine rings is 1. The van der Waals surface area contributed by atoms with E-state index >= 15 is 0 Å². The Labute approximate surface area is 174 Å². The lowest BCUT2D eigenvalue weighted by Crippen LogP contribution is -2.45. The molecule has 4 rings (SSSR count). The van der Waals surface area contributed by atoms with Crippen molar-refractivity contribution < 1.29 is 13.9 Å². The summed E-state index contributed by atoms with van der Waals surface area (Å²) in [6.07, 6.45) is 4.83. The average Bonchev–Trinajstić information content (AvgIpc) is 3.35. The second kappa shape index (κ2) is 8.43. The number of nitrogens with zero attached hydrogens (tertiary/aromatic N) is 4. The third-order valence-corrected chi connectivity index (χ3v) is 5.80. The van der Waals surface area contributed by atoms with E-state index in [0.29, 0.717) is 26.1 Å². The summed E-state index contributed by atoms with van der Waals surface area (Å²) in [5, 5.41) is 8.95. The minimum atomic E-state index is -1.15. The monoisotopic (exact) mass is 414 g/mol. The van der Waals surface area contributed by atoms with Crippen molar-refractivity contribution in [2.45, 2.75) is 32.5 Å². The lowest BCUT2D eigenvalue weighted by molar-refractivity contribution is -0.131. The van der Waals surface area contributed by atoms with Crippen LogP contribution in [0.2, 0.25) is 0 Å². The minimum Gasteiger partial charge on any atom is -0.383 e. The highest BCUT2D eigenvalue weighted by atomic mass is 19.1. The van der Waals surface area contributed by atoms with E-state index in [1.54, 1.807) is 22.9 Å². The van der Waals surface area contributed by atoms with E-state index in [-0.39, 0.29) is 18.5 Å².